The molecule has 0 saturated carbocycles. The van der Waals surface area contributed by atoms with Gasteiger partial charge in [-0.15, -0.1) is 0 Å². The highest BCUT2D eigenvalue weighted by Crippen LogP contribution is 2.35. The lowest BCUT2D eigenvalue weighted by atomic mass is 10.1. The molecule has 0 atom stereocenters. The lowest BCUT2D eigenvalue weighted by Gasteiger charge is -2.23. The smallest absolute Gasteiger partial charge is 0.176 e. The zero-order chi connectivity index (χ0) is 13.7. The molecule has 0 aliphatic carbocycles. The third kappa shape index (κ3) is 4.07. The zero-order valence-corrected chi connectivity index (χ0v) is 12.3. The third-order valence-corrected chi connectivity index (χ3v) is 3.07. The molecule has 0 spiro atoms. The van der Waals surface area contributed by atoms with Crippen LogP contribution in [0.5, 0.6) is 11.5 Å². The Bertz CT molecular complexity index is 394. The Morgan fingerprint density at radius 1 is 1.39 bits per heavy atom. The maximum Gasteiger partial charge on any atom is 0.176 e. The highest BCUT2D eigenvalue weighted by atomic mass is 35.5. The van der Waals surface area contributed by atoms with E-state index in [0.717, 1.165) is 25.2 Å². The van der Waals surface area contributed by atoms with Crippen LogP contribution < -0.4 is 4.74 Å². The molecule has 1 rings (SSSR count). The van der Waals surface area contributed by atoms with Crippen molar-refractivity contribution in [2.75, 3.05) is 20.2 Å². The predicted molar refractivity (Wildman–Crippen MR) is 75.5 cm³/mol. The molecule has 0 saturated heterocycles. The summed E-state index contributed by atoms with van der Waals surface area (Å²) in [5.41, 5.74) is 1.05. The van der Waals surface area contributed by atoms with Crippen molar-refractivity contribution >= 4 is 11.6 Å². The topological polar surface area (TPSA) is 32.7 Å². The molecule has 0 radical (unpaired) electrons. The molecule has 1 aromatic rings. The van der Waals surface area contributed by atoms with Gasteiger partial charge in [-0.05, 0) is 30.2 Å². The van der Waals surface area contributed by atoms with Crippen molar-refractivity contribution in [1.82, 2.24) is 4.90 Å². The van der Waals surface area contributed by atoms with Crippen molar-refractivity contribution in [3.8, 4) is 11.5 Å². The average molecular weight is 272 g/mol. The van der Waals surface area contributed by atoms with Crippen LogP contribution in [0.25, 0.3) is 0 Å². The van der Waals surface area contributed by atoms with Gasteiger partial charge in [0.15, 0.2) is 11.5 Å². The van der Waals surface area contributed by atoms with Crippen molar-refractivity contribution in [2.45, 2.75) is 27.3 Å². The SMILES string of the molecule is CCN(Cc1cc(Cl)c(O)c(OC)c1)CC(C)C. The predicted octanol–water partition coefficient (Wildman–Crippen LogP) is 3.53. The fourth-order valence-corrected chi connectivity index (χ4v) is 2.19. The second kappa shape index (κ2) is 6.86. The summed E-state index contributed by atoms with van der Waals surface area (Å²) in [7, 11) is 1.53. The Kier molecular flexibility index (Phi) is 5.76. The third-order valence-electron chi connectivity index (χ3n) is 2.78. The van der Waals surface area contributed by atoms with Crippen LogP contribution in [0, 0.1) is 5.92 Å². The van der Waals surface area contributed by atoms with E-state index in [-0.39, 0.29) is 5.75 Å². The van der Waals surface area contributed by atoms with Crippen LogP contribution in [0.15, 0.2) is 12.1 Å². The number of aromatic hydroxyl groups is 1. The Balaban J connectivity index is 2.86. The van der Waals surface area contributed by atoms with Crippen LogP contribution >= 0.6 is 11.6 Å². The number of benzene rings is 1. The number of ether oxygens (including phenoxy) is 1. The summed E-state index contributed by atoms with van der Waals surface area (Å²) in [6.45, 7) is 9.38. The van der Waals surface area contributed by atoms with E-state index < -0.39 is 0 Å². The molecule has 0 unspecified atom stereocenters. The van der Waals surface area contributed by atoms with E-state index in [1.54, 1.807) is 6.07 Å². The first-order chi connectivity index (χ1) is 8.47. The van der Waals surface area contributed by atoms with Crippen molar-refractivity contribution in [1.29, 1.82) is 0 Å². The van der Waals surface area contributed by atoms with Gasteiger partial charge in [-0.25, -0.2) is 0 Å². The summed E-state index contributed by atoms with van der Waals surface area (Å²) in [6, 6.07) is 3.63. The van der Waals surface area contributed by atoms with E-state index in [0.29, 0.717) is 16.7 Å². The number of phenols is 1. The van der Waals surface area contributed by atoms with Crippen LogP contribution in [-0.2, 0) is 6.54 Å². The minimum absolute atomic E-state index is 0.00910. The number of hydrogen-bond acceptors (Lipinski definition) is 3. The molecule has 3 nitrogen and oxygen atoms in total. The number of hydrogen-bond donors (Lipinski definition) is 1. The summed E-state index contributed by atoms with van der Waals surface area (Å²) in [6.07, 6.45) is 0. The molecule has 0 heterocycles. The first-order valence-corrected chi connectivity index (χ1v) is 6.63. The largest absolute Gasteiger partial charge is 0.503 e. The van der Waals surface area contributed by atoms with Gasteiger partial charge in [0.25, 0.3) is 0 Å². The van der Waals surface area contributed by atoms with Crippen molar-refractivity contribution in [2.24, 2.45) is 5.92 Å². The molecule has 1 N–H and O–H groups in total. The fraction of sp³-hybridized carbons (Fsp3) is 0.571. The monoisotopic (exact) mass is 271 g/mol. The van der Waals surface area contributed by atoms with Crippen LogP contribution in [0.3, 0.4) is 0 Å². The van der Waals surface area contributed by atoms with Crippen LogP contribution in [0.1, 0.15) is 26.3 Å². The highest BCUT2D eigenvalue weighted by Gasteiger charge is 2.12. The van der Waals surface area contributed by atoms with Crippen molar-refractivity contribution in [3.63, 3.8) is 0 Å². The zero-order valence-electron chi connectivity index (χ0n) is 11.5. The van der Waals surface area contributed by atoms with Crippen LogP contribution in [-0.4, -0.2) is 30.2 Å². The number of methoxy groups -OCH3 is 1. The van der Waals surface area contributed by atoms with Gasteiger partial charge in [-0.2, -0.15) is 0 Å². The van der Waals surface area contributed by atoms with Gasteiger partial charge in [0.05, 0.1) is 12.1 Å². The normalized spacial score (nSPS) is 11.3. The summed E-state index contributed by atoms with van der Waals surface area (Å²) < 4.78 is 5.11. The molecular formula is C14H22ClNO2. The fourth-order valence-electron chi connectivity index (χ4n) is 1.95. The van der Waals surface area contributed by atoms with E-state index >= 15 is 0 Å². The minimum atomic E-state index is 0.00910. The minimum Gasteiger partial charge on any atom is -0.503 e. The van der Waals surface area contributed by atoms with Gasteiger partial charge in [-0.3, -0.25) is 4.90 Å². The van der Waals surface area contributed by atoms with Gasteiger partial charge in [0, 0.05) is 13.1 Å². The van der Waals surface area contributed by atoms with E-state index in [2.05, 4.69) is 25.7 Å². The van der Waals surface area contributed by atoms with Gasteiger partial charge >= 0.3 is 0 Å². The molecular weight excluding hydrogens is 250 g/mol. The van der Waals surface area contributed by atoms with Crippen molar-refractivity contribution < 1.29 is 9.84 Å². The Morgan fingerprint density at radius 3 is 2.56 bits per heavy atom. The Morgan fingerprint density at radius 2 is 2.06 bits per heavy atom. The molecule has 102 valence electrons. The van der Waals surface area contributed by atoms with E-state index in [9.17, 15) is 5.11 Å². The molecule has 0 amide bonds. The lowest BCUT2D eigenvalue weighted by molar-refractivity contribution is 0.248. The quantitative estimate of drug-likeness (QED) is 0.859. The first kappa shape index (κ1) is 15.1. The Hall–Kier alpha value is -0.930. The number of rotatable bonds is 6. The van der Waals surface area contributed by atoms with E-state index in [4.69, 9.17) is 16.3 Å². The molecule has 18 heavy (non-hydrogen) atoms. The lowest BCUT2D eigenvalue weighted by Crippen LogP contribution is -2.27. The van der Waals surface area contributed by atoms with E-state index in [1.165, 1.54) is 7.11 Å². The summed E-state index contributed by atoms with van der Waals surface area (Å²) >= 11 is 5.98. The molecule has 0 bridgehead atoms. The molecule has 1 aromatic carbocycles. The first-order valence-electron chi connectivity index (χ1n) is 6.25. The van der Waals surface area contributed by atoms with Gasteiger partial charge in [0.2, 0.25) is 0 Å². The Labute approximate surface area is 114 Å². The molecule has 4 heteroatoms. The van der Waals surface area contributed by atoms with Crippen LogP contribution in [0.2, 0.25) is 5.02 Å². The maximum absolute atomic E-state index is 9.69. The summed E-state index contributed by atoms with van der Waals surface area (Å²) in [5.74, 6) is 1.06. The maximum atomic E-state index is 9.69. The average Bonchev–Trinajstić information content (AvgIpc) is 2.32. The van der Waals surface area contributed by atoms with Gasteiger partial charge < -0.3 is 9.84 Å². The van der Waals surface area contributed by atoms with Crippen molar-refractivity contribution in [3.05, 3.63) is 22.7 Å². The molecule has 0 aromatic heterocycles. The summed E-state index contributed by atoms with van der Waals surface area (Å²) in [4.78, 5) is 2.34. The molecule has 0 aliphatic heterocycles. The molecule has 0 fully saturated rings. The number of nitrogens with zero attached hydrogens (tertiary/aromatic N) is 1. The second-order valence-electron chi connectivity index (χ2n) is 4.85. The van der Waals surface area contributed by atoms with Gasteiger partial charge in [0.1, 0.15) is 0 Å². The number of phenolic OH excluding ortho intramolecular Hbond substituents is 1. The molecule has 0 aliphatic rings. The second-order valence-corrected chi connectivity index (χ2v) is 5.26. The standard InChI is InChI=1S/C14H22ClNO2/c1-5-16(8-10(2)3)9-11-6-12(15)14(17)13(7-11)18-4/h6-7,10,17H,5,8-9H2,1-4H3. The summed E-state index contributed by atoms with van der Waals surface area (Å²) in [5, 5.41) is 10.0. The van der Waals surface area contributed by atoms with Gasteiger partial charge in [-0.1, -0.05) is 32.4 Å². The van der Waals surface area contributed by atoms with Crippen LogP contribution in [0.4, 0.5) is 0 Å². The highest BCUT2D eigenvalue weighted by molar-refractivity contribution is 6.32. The number of halogens is 1. The van der Waals surface area contributed by atoms with E-state index in [1.807, 2.05) is 6.07 Å².